The third-order valence-corrected chi connectivity index (χ3v) is 5.11. The van der Waals surface area contributed by atoms with E-state index in [9.17, 15) is 13.2 Å². The molecule has 3 N–H and O–H groups in total. The van der Waals surface area contributed by atoms with Crippen molar-refractivity contribution in [1.82, 2.24) is 10.6 Å². The van der Waals surface area contributed by atoms with Crippen molar-refractivity contribution < 1.29 is 13.2 Å². The van der Waals surface area contributed by atoms with E-state index in [4.69, 9.17) is 0 Å². The van der Waals surface area contributed by atoms with Crippen LogP contribution in [0.25, 0.3) is 0 Å². The molecule has 0 spiro atoms. The molecule has 2 aromatic carbocycles. The molecule has 0 aliphatic heterocycles. The average Bonchev–Trinajstić information content (AvgIpc) is 2.57. The Balaban J connectivity index is 0.00000338. The number of benzene rings is 2. The number of nitrogens with one attached hydrogen (secondary N) is 3. The predicted octanol–water partition coefficient (Wildman–Crippen LogP) is 2.48. The summed E-state index contributed by atoms with van der Waals surface area (Å²) in [4.78, 5) is 12.3. The number of halogens is 1. The van der Waals surface area contributed by atoms with Crippen molar-refractivity contribution in [1.29, 1.82) is 0 Å². The van der Waals surface area contributed by atoms with E-state index in [0.717, 1.165) is 11.1 Å². The Hall–Kier alpha value is -2.09. The number of hydrogen-bond acceptors (Lipinski definition) is 4. The molecule has 0 fully saturated rings. The van der Waals surface area contributed by atoms with Crippen LogP contribution in [0, 0.1) is 13.8 Å². The van der Waals surface area contributed by atoms with Gasteiger partial charge in [0.25, 0.3) is 15.9 Å². The topological polar surface area (TPSA) is 87.3 Å². The number of sulfonamides is 1. The molecule has 0 atom stereocenters. The molecule has 0 aromatic heterocycles. The fourth-order valence-electron chi connectivity index (χ4n) is 2.24. The summed E-state index contributed by atoms with van der Waals surface area (Å²) in [5.41, 5.74) is 2.59. The maximum absolute atomic E-state index is 12.6. The van der Waals surface area contributed by atoms with Gasteiger partial charge in [-0.2, -0.15) is 0 Å². The van der Waals surface area contributed by atoms with Gasteiger partial charge in [0.05, 0.1) is 4.90 Å². The summed E-state index contributed by atoms with van der Waals surface area (Å²) in [5, 5.41) is 5.69. The summed E-state index contributed by atoms with van der Waals surface area (Å²) >= 11 is 0. The molecule has 142 valence electrons. The lowest BCUT2D eigenvalue weighted by Gasteiger charge is -2.12. The van der Waals surface area contributed by atoms with Gasteiger partial charge in [0.2, 0.25) is 0 Å². The monoisotopic (exact) mass is 397 g/mol. The van der Waals surface area contributed by atoms with E-state index in [1.807, 2.05) is 19.1 Å². The highest BCUT2D eigenvalue weighted by Gasteiger charge is 2.18. The van der Waals surface area contributed by atoms with Crippen LogP contribution >= 0.6 is 12.4 Å². The van der Waals surface area contributed by atoms with Gasteiger partial charge in [0.15, 0.2) is 0 Å². The van der Waals surface area contributed by atoms with E-state index in [-0.39, 0.29) is 23.2 Å². The normalized spacial score (nSPS) is 10.7. The molecule has 6 nitrogen and oxygen atoms in total. The van der Waals surface area contributed by atoms with Crippen molar-refractivity contribution in [2.45, 2.75) is 18.7 Å². The number of likely N-dealkylation sites (N-methyl/N-ethyl adjacent to an activating group) is 1. The molecule has 2 rings (SSSR count). The number of carbonyl (C=O) groups excluding carboxylic acids is 1. The van der Waals surface area contributed by atoms with Crippen molar-refractivity contribution in [3.8, 4) is 0 Å². The number of amides is 1. The lowest BCUT2D eigenvalue weighted by Crippen LogP contribution is -2.31. The lowest BCUT2D eigenvalue weighted by atomic mass is 10.1. The first-order valence-electron chi connectivity index (χ1n) is 7.96. The van der Waals surface area contributed by atoms with Crippen LogP contribution in [-0.2, 0) is 10.0 Å². The number of rotatable bonds is 7. The second kappa shape index (κ2) is 9.56. The zero-order valence-corrected chi connectivity index (χ0v) is 16.6. The number of carbonyl (C=O) groups is 1. The molecule has 26 heavy (non-hydrogen) atoms. The van der Waals surface area contributed by atoms with Gasteiger partial charge < -0.3 is 10.6 Å². The minimum Gasteiger partial charge on any atom is -0.351 e. The molecule has 0 bridgehead atoms. The first kappa shape index (κ1) is 22.0. The molecule has 0 aliphatic rings. The Morgan fingerprint density at radius 1 is 1.00 bits per heavy atom. The maximum Gasteiger partial charge on any atom is 0.261 e. The Labute approximate surface area is 160 Å². The Morgan fingerprint density at radius 2 is 1.65 bits per heavy atom. The molecular formula is C18H24ClN3O3S. The van der Waals surface area contributed by atoms with Crippen molar-refractivity contribution in [2.75, 3.05) is 24.9 Å². The highest BCUT2D eigenvalue weighted by molar-refractivity contribution is 7.92. The fraction of sp³-hybridized carbons (Fsp3) is 0.278. The summed E-state index contributed by atoms with van der Waals surface area (Å²) in [6.45, 7) is 4.80. The Kier molecular flexibility index (Phi) is 8.08. The van der Waals surface area contributed by atoms with Crippen LogP contribution in [0.3, 0.4) is 0 Å². The highest BCUT2D eigenvalue weighted by Crippen LogP contribution is 2.19. The molecule has 0 unspecified atom stereocenters. The second-order valence-electron chi connectivity index (χ2n) is 5.81. The molecule has 0 saturated heterocycles. The van der Waals surface area contributed by atoms with E-state index in [1.165, 1.54) is 12.1 Å². The van der Waals surface area contributed by atoms with Crippen LogP contribution in [0.15, 0.2) is 47.4 Å². The summed E-state index contributed by atoms with van der Waals surface area (Å²) in [6, 6.07) is 11.6. The Bertz CT molecular complexity index is 852. The largest absolute Gasteiger partial charge is 0.351 e. The number of aryl methyl sites for hydroxylation is 2. The van der Waals surface area contributed by atoms with Gasteiger partial charge in [0, 0.05) is 24.3 Å². The summed E-state index contributed by atoms with van der Waals surface area (Å²) < 4.78 is 27.7. The first-order valence-corrected chi connectivity index (χ1v) is 9.45. The van der Waals surface area contributed by atoms with Gasteiger partial charge in [-0.3, -0.25) is 9.52 Å². The van der Waals surface area contributed by atoms with Crippen molar-refractivity contribution in [3.63, 3.8) is 0 Å². The van der Waals surface area contributed by atoms with Crippen molar-refractivity contribution >= 4 is 34.0 Å². The second-order valence-corrected chi connectivity index (χ2v) is 7.49. The molecule has 0 saturated carbocycles. The lowest BCUT2D eigenvalue weighted by molar-refractivity contribution is 0.0953. The SMILES string of the molecule is CNCCNC(=O)c1cc(S(=O)(=O)Nc2ccc(C)cc2)ccc1C.Cl. The van der Waals surface area contributed by atoms with Crippen LogP contribution in [0.1, 0.15) is 21.5 Å². The zero-order chi connectivity index (χ0) is 18.4. The van der Waals surface area contributed by atoms with Crippen LogP contribution in [-0.4, -0.2) is 34.5 Å². The van der Waals surface area contributed by atoms with E-state index < -0.39 is 10.0 Å². The van der Waals surface area contributed by atoms with Gasteiger partial charge in [-0.1, -0.05) is 23.8 Å². The van der Waals surface area contributed by atoms with E-state index >= 15 is 0 Å². The van der Waals surface area contributed by atoms with Crippen LogP contribution < -0.4 is 15.4 Å². The molecule has 0 radical (unpaired) electrons. The van der Waals surface area contributed by atoms with Crippen molar-refractivity contribution in [2.24, 2.45) is 0 Å². The van der Waals surface area contributed by atoms with Gasteiger partial charge in [-0.15, -0.1) is 12.4 Å². The predicted molar refractivity (Wildman–Crippen MR) is 107 cm³/mol. The van der Waals surface area contributed by atoms with Crippen LogP contribution in [0.2, 0.25) is 0 Å². The maximum atomic E-state index is 12.6. The van der Waals surface area contributed by atoms with Crippen molar-refractivity contribution in [3.05, 3.63) is 59.2 Å². The highest BCUT2D eigenvalue weighted by atomic mass is 35.5. The third kappa shape index (κ3) is 5.72. The molecule has 0 heterocycles. The smallest absolute Gasteiger partial charge is 0.261 e. The number of anilines is 1. The fourth-order valence-corrected chi connectivity index (χ4v) is 3.33. The quantitative estimate of drug-likeness (QED) is 0.626. The number of hydrogen-bond donors (Lipinski definition) is 3. The molecule has 1 amide bonds. The van der Waals surface area contributed by atoms with Crippen LogP contribution in [0.5, 0.6) is 0 Å². The van der Waals surface area contributed by atoms with Gasteiger partial charge in [0.1, 0.15) is 0 Å². The molecular weight excluding hydrogens is 374 g/mol. The minimum atomic E-state index is -3.77. The standard InChI is InChI=1S/C18H23N3O3S.ClH/c1-13-4-7-15(8-5-13)21-25(23,24)16-9-6-14(2)17(12-16)18(22)20-11-10-19-3;/h4-9,12,19,21H,10-11H2,1-3H3,(H,20,22);1H. The van der Waals surface area contributed by atoms with E-state index in [1.54, 1.807) is 32.2 Å². The van der Waals surface area contributed by atoms with Gasteiger partial charge in [-0.25, -0.2) is 8.42 Å². The van der Waals surface area contributed by atoms with E-state index in [2.05, 4.69) is 15.4 Å². The summed E-state index contributed by atoms with van der Waals surface area (Å²) in [7, 11) is -1.97. The van der Waals surface area contributed by atoms with Crippen LogP contribution in [0.4, 0.5) is 5.69 Å². The Morgan fingerprint density at radius 3 is 2.27 bits per heavy atom. The molecule has 8 heteroatoms. The average molecular weight is 398 g/mol. The zero-order valence-electron chi connectivity index (χ0n) is 15.0. The summed E-state index contributed by atoms with van der Waals surface area (Å²) in [5.74, 6) is -0.292. The minimum absolute atomic E-state index is 0. The van der Waals surface area contributed by atoms with Gasteiger partial charge >= 0.3 is 0 Å². The van der Waals surface area contributed by atoms with E-state index in [0.29, 0.717) is 24.3 Å². The van der Waals surface area contributed by atoms with Gasteiger partial charge in [-0.05, 0) is 50.7 Å². The summed E-state index contributed by atoms with van der Waals surface area (Å²) in [6.07, 6.45) is 0. The molecule has 2 aromatic rings. The first-order chi connectivity index (χ1) is 11.8. The molecule has 0 aliphatic carbocycles. The third-order valence-electron chi connectivity index (χ3n) is 3.73.